The SMILES string of the molecule is Cc1cc(C)cc(CCN=C(N)N2CCCCC2)c1. The fourth-order valence-electron chi connectivity index (χ4n) is 2.74. The zero-order chi connectivity index (χ0) is 13.7. The molecule has 0 atom stereocenters. The van der Waals surface area contributed by atoms with Crippen molar-refractivity contribution in [2.75, 3.05) is 19.6 Å². The largest absolute Gasteiger partial charge is 0.370 e. The summed E-state index contributed by atoms with van der Waals surface area (Å²) in [6.07, 6.45) is 4.78. The van der Waals surface area contributed by atoms with E-state index >= 15 is 0 Å². The smallest absolute Gasteiger partial charge is 0.191 e. The highest BCUT2D eigenvalue weighted by atomic mass is 15.2. The first kappa shape index (κ1) is 13.9. The van der Waals surface area contributed by atoms with Gasteiger partial charge in [-0.25, -0.2) is 0 Å². The first-order chi connectivity index (χ1) is 9.15. The van der Waals surface area contributed by atoms with Crippen LogP contribution in [0.1, 0.15) is 36.0 Å². The van der Waals surface area contributed by atoms with Crippen LogP contribution in [0.2, 0.25) is 0 Å². The van der Waals surface area contributed by atoms with Crippen molar-refractivity contribution in [1.29, 1.82) is 0 Å². The molecule has 104 valence electrons. The molecule has 1 aliphatic heterocycles. The van der Waals surface area contributed by atoms with E-state index in [2.05, 4.69) is 41.9 Å². The Morgan fingerprint density at radius 2 is 1.74 bits per heavy atom. The van der Waals surface area contributed by atoms with E-state index in [0.29, 0.717) is 0 Å². The first-order valence-electron chi connectivity index (χ1n) is 7.27. The van der Waals surface area contributed by atoms with Crippen LogP contribution < -0.4 is 5.73 Å². The summed E-state index contributed by atoms with van der Waals surface area (Å²) in [5.41, 5.74) is 10.0. The topological polar surface area (TPSA) is 41.6 Å². The van der Waals surface area contributed by atoms with Crippen LogP contribution in [-0.2, 0) is 6.42 Å². The first-order valence-corrected chi connectivity index (χ1v) is 7.27. The summed E-state index contributed by atoms with van der Waals surface area (Å²) in [4.78, 5) is 6.74. The van der Waals surface area contributed by atoms with Crippen molar-refractivity contribution in [2.45, 2.75) is 39.5 Å². The van der Waals surface area contributed by atoms with Crippen molar-refractivity contribution in [3.8, 4) is 0 Å². The van der Waals surface area contributed by atoms with Gasteiger partial charge in [-0.3, -0.25) is 4.99 Å². The number of nitrogens with two attached hydrogens (primary N) is 1. The van der Waals surface area contributed by atoms with Crippen LogP contribution in [0.3, 0.4) is 0 Å². The number of aryl methyl sites for hydroxylation is 2. The summed E-state index contributed by atoms with van der Waals surface area (Å²) < 4.78 is 0. The minimum Gasteiger partial charge on any atom is -0.370 e. The Morgan fingerprint density at radius 1 is 1.11 bits per heavy atom. The third-order valence-corrected chi connectivity index (χ3v) is 3.64. The molecule has 1 aromatic rings. The molecular formula is C16H25N3. The number of likely N-dealkylation sites (tertiary alicyclic amines) is 1. The van der Waals surface area contributed by atoms with Gasteiger partial charge in [0.1, 0.15) is 0 Å². The van der Waals surface area contributed by atoms with E-state index in [9.17, 15) is 0 Å². The lowest BCUT2D eigenvalue weighted by Gasteiger charge is -2.27. The Balaban J connectivity index is 1.87. The Kier molecular flexibility index (Phi) is 4.83. The van der Waals surface area contributed by atoms with E-state index in [-0.39, 0.29) is 0 Å². The van der Waals surface area contributed by atoms with Crippen molar-refractivity contribution < 1.29 is 0 Å². The van der Waals surface area contributed by atoms with Gasteiger partial charge in [0.2, 0.25) is 0 Å². The number of hydrogen-bond donors (Lipinski definition) is 1. The molecule has 2 rings (SSSR count). The van der Waals surface area contributed by atoms with Gasteiger partial charge >= 0.3 is 0 Å². The van der Waals surface area contributed by atoms with E-state index in [4.69, 9.17) is 5.73 Å². The number of piperidine rings is 1. The molecule has 3 heteroatoms. The van der Waals surface area contributed by atoms with Gasteiger partial charge in [0.05, 0.1) is 0 Å². The number of hydrogen-bond acceptors (Lipinski definition) is 1. The van der Waals surface area contributed by atoms with Gasteiger partial charge in [0.25, 0.3) is 0 Å². The molecule has 0 bridgehead atoms. The lowest BCUT2D eigenvalue weighted by molar-refractivity contribution is 0.338. The molecule has 1 heterocycles. The summed E-state index contributed by atoms with van der Waals surface area (Å²) in [7, 11) is 0. The van der Waals surface area contributed by atoms with E-state index < -0.39 is 0 Å². The molecule has 0 saturated carbocycles. The van der Waals surface area contributed by atoms with Crippen LogP contribution in [-0.4, -0.2) is 30.5 Å². The predicted octanol–water partition coefficient (Wildman–Crippen LogP) is 2.65. The Labute approximate surface area is 116 Å². The van der Waals surface area contributed by atoms with Crippen molar-refractivity contribution in [1.82, 2.24) is 4.90 Å². The number of benzene rings is 1. The highest BCUT2D eigenvalue weighted by Crippen LogP contribution is 2.10. The zero-order valence-corrected chi connectivity index (χ0v) is 12.2. The number of guanidine groups is 1. The molecule has 0 amide bonds. The van der Waals surface area contributed by atoms with Gasteiger partial charge in [-0.2, -0.15) is 0 Å². The van der Waals surface area contributed by atoms with Crippen LogP contribution in [0.4, 0.5) is 0 Å². The van der Waals surface area contributed by atoms with E-state index in [1.807, 2.05) is 0 Å². The van der Waals surface area contributed by atoms with Gasteiger partial charge in [-0.15, -0.1) is 0 Å². The van der Waals surface area contributed by atoms with Crippen molar-refractivity contribution >= 4 is 5.96 Å². The number of aliphatic imine (C=N–C) groups is 1. The van der Waals surface area contributed by atoms with E-state index in [1.165, 1.54) is 36.0 Å². The quantitative estimate of drug-likeness (QED) is 0.670. The van der Waals surface area contributed by atoms with E-state index in [1.54, 1.807) is 0 Å². The number of rotatable bonds is 3. The third kappa shape index (κ3) is 4.27. The molecule has 0 radical (unpaired) electrons. The van der Waals surface area contributed by atoms with Crippen LogP contribution >= 0.6 is 0 Å². The maximum atomic E-state index is 6.05. The van der Waals surface area contributed by atoms with Crippen LogP contribution in [0.5, 0.6) is 0 Å². The highest BCUT2D eigenvalue weighted by molar-refractivity contribution is 5.78. The second kappa shape index (κ2) is 6.60. The normalized spacial score (nSPS) is 16.7. The fraction of sp³-hybridized carbons (Fsp3) is 0.562. The molecule has 1 saturated heterocycles. The molecule has 1 fully saturated rings. The Hall–Kier alpha value is -1.51. The third-order valence-electron chi connectivity index (χ3n) is 3.64. The Morgan fingerprint density at radius 3 is 2.37 bits per heavy atom. The van der Waals surface area contributed by atoms with Crippen LogP contribution in [0, 0.1) is 13.8 Å². The fourth-order valence-corrected chi connectivity index (χ4v) is 2.74. The zero-order valence-electron chi connectivity index (χ0n) is 12.2. The molecular weight excluding hydrogens is 234 g/mol. The lowest BCUT2D eigenvalue weighted by atomic mass is 10.1. The molecule has 0 aliphatic carbocycles. The van der Waals surface area contributed by atoms with Gasteiger partial charge < -0.3 is 10.6 Å². The lowest BCUT2D eigenvalue weighted by Crippen LogP contribution is -2.41. The molecule has 2 N–H and O–H groups in total. The molecule has 0 spiro atoms. The summed E-state index contributed by atoms with van der Waals surface area (Å²) in [6.45, 7) is 7.20. The summed E-state index contributed by atoms with van der Waals surface area (Å²) in [5, 5.41) is 0. The van der Waals surface area contributed by atoms with Crippen LogP contribution in [0.25, 0.3) is 0 Å². The maximum absolute atomic E-state index is 6.05. The molecule has 3 nitrogen and oxygen atoms in total. The average molecular weight is 259 g/mol. The van der Waals surface area contributed by atoms with Crippen molar-refractivity contribution in [3.05, 3.63) is 34.9 Å². The second-order valence-electron chi connectivity index (χ2n) is 5.53. The Bertz CT molecular complexity index is 425. The van der Waals surface area contributed by atoms with Gasteiger partial charge in [-0.05, 0) is 45.1 Å². The summed E-state index contributed by atoms with van der Waals surface area (Å²) in [6, 6.07) is 6.67. The number of nitrogens with zero attached hydrogens (tertiary/aromatic N) is 2. The monoisotopic (exact) mass is 259 g/mol. The molecule has 0 aromatic heterocycles. The standard InChI is InChI=1S/C16H25N3/c1-13-10-14(2)12-15(11-13)6-7-18-16(17)19-8-4-3-5-9-19/h10-12H,3-9H2,1-2H3,(H2,17,18). The van der Waals surface area contributed by atoms with Gasteiger partial charge in [-0.1, -0.05) is 29.3 Å². The van der Waals surface area contributed by atoms with Gasteiger partial charge in [0, 0.05) is 19.6 Å². The second-order valence-corrected chi connectivity index (χ2v) is 5.53. The summed E-state index contributed by atoms with van der Waals surface area (Å²) in [5.74, 6) is 0.726. The molecule has 1 aromatic carbocycles. The summed E-state index contributed by atoms with van der Waals surface area (Å²) >= 11 is 0. The maximum Gasteiger partial charge on any atom is 0.191 e. The molecule has 0 unspecified atom stereocenters. The van der Waals surface area contributed by atoms with E-state index in [0.717, 1.165) is 32.0 Å². The van der Waals surface area contributed by atoms with Crippen molar-refractivity contribution in [3.63, 3.8) is 0 Å². The molecule has 19 heavy (non-hydrogen) atoms. The highest BCUT2D eigenvalue weighted by Gasteiger charge is 2.11. The minimum absolute atomic E-state index is 0.726. The van der Waals surface area contributed by atoms with Gasteiger partial charge in [0.15, 0.2) is 5.96 Å². The minimum atomic E-state index is 0.726. The predicted molar refractivity (Wildman–Crippen MR) is 81.5 cm³/mol. The van der Waals surface area contributed by atoms with Crippen molar-refractivity contribution in [2.24, 2.45) is 10.7 Å². The average Bonchev–Trinajstić information content (AvgIpc) is 2.38. The van der Waals surface area contributed by atoms with Crippen LogP contribution in [0.15, 0.2) is 23.2 Å². The molecule has 1 aliphatic rings.